The summed E-state index contributed by atoms with van der Waals surface area (Å²) in [5.74, 6) is -1.64. The van der Waals surface area contributed by atoms with Gasteiger partial charge in [0.2, 0.25) is 13.1 Å². The van der Waals surface area contributed by atoms with Gasteiger partial charge in [-0.25, -0.2) is 0 Å². The molecule has 2 atom stereocenters. The number of rotatable bonds is 8. The van der Waals surface area contributed by atoms with Crippen molar-refractivity contribution in [2.45, 2.75) is 25.9 Å². The lowest BCUT2D eigenvalue weighted by Gasteiger charge is -2.21. The molecule has 2 unspecified atom stereocenters. The van der Waals surface area contributed by atoms with E-state index in [9.17, 15) is 27.9 Å². The van der Waals surface area contributed by atoms with Crippen molar-refractivity contribution in [3.63, 3.8) is 0 Å². The molecule has 2 aromatic rings. The molecule has 0 heterocycles. The average Bonchev–Trinajstić information content (AvgIpc) is 2.63. The van der Waals surface area contributed by atoms with Gasteiger partial charge in [0.1, 0.15) is 5.75 Å². The van der Waals surface area contributed by atoms with Crippen molar-refractivity contribution < 1.29 is 36.7 Å². The van der Waals surface area contributed by atoms with E-state index in [1.807, 2.05) is 0 Å². The Bertz CT molecular complexity index is 1010. The van der Waals surface area contributed by atoms with Gasteiger partial charge in [-0.1, -0.05) is 23.2 Å². The van der Waals surface area contributed by atoms with E-state index in [4.69, 9.17) is 37.2 Å². The Morgan fingerprint density at radius 2 is 1.77 bits per heavy atom. The molecule has 7 nitrogen and oxygen atoms in total. The molecule has 0 N–H and O–H groups in total. The number of nitrogens with zero attached hydrogens (tertiary/aromatic N) is 1. The number of ether oxygens (including phenoxy) is 2. The van der Waals surface area contributed by atoms with Crippen molar-refractivity contribution >= 4 is 36.3 Å². The molecule has 170 valence electrons. The summed E-state index contributed by atoms with van der Waals surface area (Å²) in [4.78, 5) is 10.6. The van der Waals surface area contributed by atoms with Gasteiger partial charge in [0.15, 0.2) is 11.6 Å². The minimum absolute atomic E-state index is 0.0568. The Kier molecular flexibility index (Phi) is 7.86. The highest BCUT2D eigenvalue weighted by Gasteiger charge is 2.33. The standard InChI is InChI=1S/C18H17Cl2F3NO6P/c1-4-28-31(3,27)10(2)29-16-9-12(5-6-15(16)24(25)26)30-17-13(19)7-11(8-14(17)20)18(21,22)23/h5-10H,4H2,1-3H3. The highest BCUT2D eigenvalue weighted by Crippen LogP contribution is 2.50. The van der Waals surface area contributed by atoms with E-state index < -0.39 is 45.6 Å². The van der Waals surface area contributed by atoms with Gasteiger partial charge in [0.05, 0.1) is 27.1 Å². The third-order valence-electron chi connectivity index (χ3n) is 4.02. The lowest BCUT2D eigenvalue weighted by atomic mass is 10.2. The Morgan fingerprint density at radius 3 is 2.26 bits per heavy atom. The molecule has 0 saturated carbocycles. The van der Waals surface area contributed by atoms with Gasteiger partial charge >= 0.3 is 11.9 Å². The summed E-state index contributed by atoms with van der Waals surface area (Å²) in [6.45, 7) is 4.54. The highest BCUT2D eigenvalue weighted by molar-refractivity contribution is 7.58. The first-order valence-electron chi connectivity index (χ1n) is 8.67. The fourth-order valence-electron chi connectivity index (χ4n) is 2.38. The van der Waals surface area contributed by atoms with Crippen molar-refractivity contribution in [2.24, 2.45) is 0 Å². The second kappa shape index (κ2) is 9.65. The molecule has 31 heavy (non-hydrogen) atoms. The molecule has 2 aromatic carbocycles. The Balaban J connectivity index is 2.41. The first-order valence-corrected chi connectivity index (χ1v) is 11.6. The number of halogens is 5. The number of benzene rings is 2. The van der Waals surface area contributed by atoms with Crippen LogP contribution in [0.5, 0.6) is 17.2 Å². The number of nitro benzene ring substituents is 1. The minimum Gasteiger partial charge on any atom is -0.473 e. The molecule has 0 radical (unpaired) electrons. The van der Waals surface area contributed by atoms with E-state index in [0.717, 1.165) is 12.1 Å². The summed E-state index contributed by atoms with van der Waals surface area (Å²) >= 11 is 11.8. The predicted molar refractivity (Wildman–Crippen MR) is 110 cm³/mol. The van der Waals surface area contributed by atoms with Crippen LogP contribution in [0.15, 0.2) is 30.3 Å². The number of hydrogen-bond donors (Lipinski definition) is 0. The second-order valence-electron chi connectivity index (χ2n) is 6.30. The fourth-order valence-corrected chi connectivity index (χ4v) is 3.97. The third kappa shape index (κ3) is 6.26. The summed E-state index contributed by atoms with van der Waals surface area (Å²) in [5.41, 5.74) is -1.51. The molecular formula is C18H17Cl2F3NO6P. The highest BCUT2D eigenvalue weighted by atomic mass is 35.5. The van der Waals surface area contributed by atoms with Crippen LogP contribution in [0.2, 0.25) is 10.0 Å². The SMILES string of the molecule is CCOP(C)(=O)C(C)Oc1cc(Oc2c(Cl)cc(C(F)(F)F)cc2Cl)ccc1[N+](=O)[O-]. The summed E-state index contributed by atoms with van der Waals surface area (Å²) in [7, 11) is -3.25. The first kappa shape index (κ1) is 25.3. The largest absolute Gasteiger partial charge is 0.473 e. The molecular weight excluding hydrogens is 485 g/mol. The van der Waals surface area contributed by atoms with E-state index in [-0.39, 0.29) is 23.9 Å². The summed E-state index contributed by atoms with van der Waals surface area (Å²) in [6, 6.07) is 4.65. The zero-order chi connectivity index (χ0) is 23.6. The van der Waals surface area contributed by atoms with Gasteiger partial charge in [-0.3, -0.25) is 14.7 Å². The van der Waals surface area contributed by atoms with Crippen LogP contribution in [0.25, 0.3) is 0 Å². The lowest BCUT2D eigenvalue weighted by Crippen LogP contribution is -2.14. The van der Waals surface area contributed by atoms with Crippen LogP contribution in [0, 0.1) is 10.1 Å². The van der Waals surface area contributed by atoms with Gasteiger partial charge in [0.25, 0.3) is 0 Å². The van der Waals surface area contributed by atoms with Gasteiger partial charge in [-0.05, 0) is 32.0 Å². The molecule has 13 heteroatoms. The molecule has 0 fully saturated rings. The van der Waals surface area contributed by atoms with Crippen LogP contribution in [-0.2, 0) is 15.3 Å². The average molecular weight is 502 g/mol. The molecule has 0 aliphatic rings. The molecule has 0 bridgehead atoms. The van der Waals surface area contributed by atoms with Crippen LogP contribution < -0.4 is 9.47 Å². The Hall–Kier alpha value is -2.00. The monoisotopic (exact) mass is 501 g/mol. The van der Waals surface area contributed by atoms with Crippen molar-refractivity contribution in [1.82, 2.24) is 0 Å². The normalized spacial score (nSPS) is 14.6. The van der Waals surface area contributed by atoms with E-state index >= 15 is 0 Å². The Labute approximate surface area is 185 Å². The maximum atomic E-state index is 12.9. The van der Waals surface area contributed by atoms with Crippen LogP contribution in [0.1, 0.15) is 19.4 Å². The van der Waals surface area contributed by atoms with Crippen molar-refractivity contribution in [3.05, 3.63) is 56.1 Å². The van der Waals surface area contributed by atoms with Crippen LogP contribution in [0.4, 0.5) is 18.9 Å². The van der Waals surface area contributed by atoms with E-state index in [2.05, 4.69) is 0 Å². The van der Waals surface area contributed by atoms with Gasteiger partial charge < -0.3 is 14.0 Å². The maximum absolute atomic E-state index is 12.9. The number of hydrogen-bond acceptors (Lipinski definition) is 6. The maximum Gasteiger partial charge on any atom is 0.416 e. The van der Waals surface area contributed by atoms with Gasteiger partial charge in [-0.15, -0.1) is 0 Å². The lowest BCUT2D eigenvalue weighted by molar-refractivity contribution is -0.386. The van der Waals surface area contributed by atoms with E-state index in [1.165, 1.54) is 19.7 Å². The van der Waals surface area contributed by atoms with Crippen molar-refractivity contribution in [1.29, 1.82) is 0 Å². The van der Waals surface area contributed by atoms with Crippen LogP contribution >= 0.6 is 30.6 Å². The van der Waals surface area contributed by atoms with Crippen LogP contribution in [-0.4, -0.2) is 24.0 Å². The quantitative estimate of drug-likeness (QED) is 0.213. The zero-order valence-corrected chi connectivity index (χ0v) is 18.8. The van der Waals surface area contributed by atoms with Crippen LogP contribution in [0.3, 0.4) is 0 Å². The van der Waals surface area contributed by atoms with E-state index in [1.54, 1.807) is 6.92 Å². The van der Waals surface area contributed by atoms with Gasteiger partial charge in [0, 0.05) is 18.8 Å². The smallest absolute Gasteiger partial charge is 0.416 e. The predicted octanol–water partition coefficient (Wildman–Crippen LogP) is 7.38. The molecule has 0 amide bonds. The van der Waals surface area contributed by atoms with Gasteiger partial charge in [-0.2, -0.15) is 13.2 Å². The Morgan fingerprint density at radius 1 is 1.19 bits per heavy atom. The molecule has 0 aliphatic heterocycles. The number of nitro groups is 1. The molecule has 0 spiro atoms. The number of alkyl halides is 3. The summed E-state index contributed by atoms with van der Waals surface area (Å²) in [5, 5.41) is 10.5. The first-order chi connectivity index (χ1) is 14.3. The molecule has 2 rings (SSSR count). The van der Waals surface area contributed by atoms with E-state index in [0.29, 0.717) is 12.1 Å². The zero-order valence-electron chi connectivity index (χ0n) is 16.4. The molecule has 0 aliphatic carbocycles. The van der Waals surface area contributed by atoms with Crippen molar-refractivity contribution in [2.75, 3.05) is 13.3 Å². The second-order valence-corrected chi connectivity index (χ2v) is 9.92. The summed E-state index contributed by atoms with van der Waals surface area (Å²) in [6.07, 6.45) is -4.66. The molecule has 0 saturated heterocycles. The van der Waals surface area contributed by atoms with Crippen molar-refractivity contribution in [3.8, 4) is 17.2 Å². The minimum atomic E-state index is -4.66. The topological polar surface area (TPSA) is 87.9 Å². The third-order valence-corrected chi connectivity index (χ3v) is 6.78. The molecule has 0 aromatic heterocycles. The summed E-state index contributed by atoms with van der Waals surface area (Å²) < 4.78 is 67.3. The fraction of sp³-hybridized carbons (Fsp3) is 0.333.